The highest BCUT2D eigenvalue weighted by molar-refractivity contribution is 7.87. The molecule has 0 aliphatic rings. The Bertz CT molecular complexity index is 741. The van der Waals surface area contributed by atoms with Crippen LogP contribution in [0.4, 0.5) is 5.69 Å². The number of hydrogen-bond donors (Lipinski definition) is 0. The Balaban J connectivity index is 2.43. The van der Waals surface area contributed by atoms with Gasteiger partial charge in [0.15, 0.2) is 0 Å². The molecule has 104 valence electrons. The van der Waals surface area contributed by atoms with E-state index >= 15 is 0 Å². The van der Waals surface area contributed by atoms with Gasteiger partial charge in [-0.15, -0.1) is 0 Å². The number of benzene rings is 2. The van der Waals surface area contributed by atoms with Crippen LogP contribution in [-0.2, 0) is 10.1 Å². The quantitative estimate of drug-likeness (QED) is 0.491. The van der Waals surface area contributed by atoms with Crippen molar-refractivity contribution in [3.05, 3.63) is 64.2 Å². The number of nitro groups is 1. The minimum absolute atomic E-state index is 0.0603. The van der Waals surface area contributed by atoms with Gasteiger partial charge in [-0.1, -0.05) is 24.3 Å². The van der Waals surface area contributed by atoms with E-state index in [1.165, 1.54) is 24.3 Å². The van der Waals surface area contributed by atoms with Crippen LogP contribution in [0, 0.1) is 17.0 Å². The maximum atomic E-state index is 12.0. The van der Waals surface area contributed by atoms with Crippen molar-refractivity contribution >= 4 is 15.8 Å². The number of nitrogens with zero attached hydrogens (tertiary/aromatic N) is 1. The van der Waals surface area contributed by atoms with Crippen LogP contribution in [-0.4, -0.2) is 13.3 Å². The molecule has 2 aromatic carbocycles. The van der Waals surface area contributed by atoms with E-state index in [1.807, 2.05) is 0 Å². The van der Waals surface area contributed by atoms with Crippen LogP contribution in [0.2, 0.25) is 0 Å². The molecule has 0 aliphatic heterocycles. The lowest BCUT2D eigenvalue weighted by atomic mass is 10.2. The molecule has 0 amide bonds. The van der Waals surface area contributed by atoms with Gasteiger partial charge in [-0.25, -0.2) is 0 Å². The summed E-state index contributed by atoms with van der Waals surface area (Å²) >= 11 is 0. The summed E-state index contributed by atoms with van der Waals surface area (Å²) in [6, 6.07) is 11.5. The third kappa shape index (κ3) is 2.94. The average molecular weight is 293 g/mol. The minimum Gasteiger partial charge on any atom is -0.372 e. The summed E-state index contributed by atoms with van der Waals surface area (Å²) in [5.74, 6) is -0.301. The van der Waals surface area contributed by atoms with Gasteiger partial charge in [-0.3, -0.25) is 10.1 Å². The Kier molecular flexibility index (Phi) is 3.71. The predicted octanol–water partition coefficient (Wildman–Crippen LogP) is 2.67. The first-order chi connectivity index (χ1) is 9.40. The molecule has 0 saturated heterocycles. The molecule has 20 heavy (non-hydrogen) atoms. The average Bonchev–Trinajstić information content (AvgIpc) is 2.41. The zero-order valence-electron chi connectivity index (χ0n) is 10.5. The summed E-state index contributed by atoms with van der Waals surface area (Å²) in [5, 5.41) is 10.9. The van der Waals surface area contributed by atoms with Crippen molar-refractivity contribution < 1.29 is 17.5 Å². The summed E-state index contributed by atoms with van der Waals surface area (Å²) < 4.78 is 28.9. The molecule has 0 aromatic heterocycles. The van der Waals surface area contributed by atoms with E-state index < -0.39 is 15.0 Å². The molecule has 7 heteroatoms. The highest BCUT2D eigenvalue weighted by Gasteiger charge is 2.23. The Labute approximate surface area is 115 Å². The number of hydrogen-bond acceptors (Lipinski definition) is 5. The van der Waals surface area contributed by atoms with Crippen molar-refractivity contribution in [1.82, 2.24) is 0 Å². The molecule has 0 N–H and O–H groups in total. The van der Waals surface area contributed by atoms with Crippen molar-refractivity contribution in [3.8, 4) is 5.75 Å². The van der Waals surface area contributed by atoms with Crippen LogP contribution in [0.5, 0.6) is 5.75 Å². The van der Waals surface area contributed by atoms with Gasteiger partial charge in [-0.05, 0) is 30.7 Å². The Morgan fingerprint density at radius 2 is 1.75 bits per heavy atom. The van der Waals surface area contributed by atoms with E-state index in [-0.39, 0.29) is 16.3 Å². The van der Waals surface area contributed by atoms with Gasteiger partial charge >= 0.3 is 15.8 Å². The summed E-state index contributed by atoms with van der Waals surface area (Å²) in [4.78, 5) is 10.2. The normalized spacial score (nSPS) is 11.1. The van der Waals surface area contributed by atoms with Crippen LogP contribution >= 0.6 is 0 Å². The van der Waals surface area contributed by atoms with Gasteiger partial charge in [-0.2, -0.15) is 8.42 Å². The maximum absolute atomic E-state index is 12.0. The van der Waals surface area contributed by atoms with Crippen molar-refractivity contribution in [2.75, 3.05) is 0 Å². The number of nitro benzene ring substituents is 1. The van der Waals surface area contributed by atoms with Crippen LogP contribution in [0.15, 0.2) is 53.4 Å². The van der Waals surface area contributed by atoms with Gasteiger partial charge in [0.05, 0.1) is 4.92 Å². The van der Waals surface area contributed by atoms with Crippen LogP contribution < -0.4 is 4.18 Å². The first kappa shape index (κ1) is 14.0. The number of aryl methyl sites for hydroxylation is 1. The monoisotopic (exact) mass is 293 g/mol. The molecule has 0 saturated carbocycles. The standard InChI is InChI=1S/C13H11NO5S/c1-10-7-8-13(12(9-10)14(15)16)19-20(17,18)11-5-3-2-4-6-11/h2-9H,1H3. The first-order valence-electron chi connectivity index (χ1n) is 5.65. The molecular weight excluding hydrogens is 282 g/mol. The molecular formula is C13H11NO5S. The number of rotatable bonds is 4. The largest absolute Gasteiger partial charge is 0.372 e. The summed E-state index contributed by atoms with van der Waals surface area (Å²) in [6.45, 7) is 1.67. The van der Waals surface area contributed by atoms with Crippen molar-refractivity contribution in [2.45, 2.75) is 11.8 Å². The van der Waals surface area contributed by atoms with Crippen LogP contribution in [0.3, 0.4) is 0 Å². The molecule has 2 aromatic rings. The summed E-state index contributed by atoms with van der Waals surface area (Å²) in [7, 11) is -4.09. The van der Waals surface area contributed by atoms with E-state index in [0.29, 0.717) is 5.56 Å². The zero-order valence-corrected chi connectivity index (χ0v) is 11.3. The van der Waals surface area contributed by atoms with Crippen LogP contribution in [0.25, 0.3) is 0 Å². The van der Waals surface area contributed by atoms with Crippen molar-refractivity contribution in [1.29, 1.82) is 0 Å². The second kappa shape index (κ2) is 5.30. The molecule has 6 nitrogen and oxygen atoms in total. The first-order valence-corrected chi connectivity index (χ1v) is 7.05. The molecule has 0 heterocycles. The van der Waals surface area contributed by atoms with E-state index in [1.54, 1.807) is 31.2 Å². The lowest BCUT2D eigenvalue weighted by Gasteiger charge is -2.07. The van der Waals surface area contributed by atoms with E-state index in [4.69, 9.17) is 4.18 Å². The fourth-order valence-electron chi connectivity index (χ4n) is 1.59. The molecule has 0 spiro atoms. The van der Waals surface area contributed by atoms with Crippen molar-refractivity contribution in [2.24, 2.45) is 0 Å². The zero-order chi connectivity index (χ0) is 14.8. The second-order valence-corrected chi connectivity index (χ2v) is 5.63. The Morgan fingerprint density at radius 1 is 1.10 bits per heavy atom. The lowest BCUT2D eigenvalue weighted by Crippen LogP contribution is -2.10. The van der Waals surface area contributed by atoms with Gasteiger partial charge in [0.25, 0.3) is 0 Å². The third-order valence-electron chi connectivity index (χ3n) is 2.54. The fraction of sp³-hybridized carbons (Fsp3) is 0.0769. The summed E-state index contributed by atoms with van der Waals surface area (Å²) in [6.07, 6.45) is 0. The van der Waals surface area contributed by atoms with E-state index in [0.717, 1.165) is 0 Å². The molecule has 0 radical (unpaired) electrons. The topological polar surface area (TPSA) is 86.5 Å². The minimum atomic E-state index is -4.09. The van der Waals surface area contributed by atoms with E-state index in [9.17, 15) is 18.5 Å². The molecule has 2 rings (SSSR count). The van der Waals surface area contributed by atoms with Gasteiger partial charge in [0.2, 0.25) is 5.75 Å². The van der Waals surface area contributed by atoms with Crippen molar-refractivity contribution in [3.63, 3.8) is 0 Å². The van der Waals surface area contributed by atoms with Gasteiger partial charge < -0.3 is 4.18 Å². The molecule has 0 aliphatic carbocycles. The summed E-state index contributed by atoms with van der Waals surface area (Å²) in [5.41, 5.74) is 0.255. The Hall–Kier alpha value is -2.41. The van der Waals surface area contributed by atoms with Gasteiger partial charge in [0.1, 0.15) is 4.90 Å². The molecule has 0 atom stereocenters. The highest BCUT2D eigenvalue weighted by atomic mass is 32.2. The fourth-order valence-corrected chi connectivity index (χ4v) is 2.56. The highest BCUT2D eigenvalue weighted by Crippen LogP contribution is 2.30. The lowest BCUT2D eigenvalue weighted by molar-refractivity contribution is -0.385. The van der Waals surface area contributed by atoms with Crippen LogP contribution in [0.1, 0.15) is 5.56 Å². The molecule has 0 unspecified atom stereocenters. The second-order valence-electron chi connectivity index (χ2n) is 4.08. The smallest absolute Gasteiger partial charge is 0.339 e. The predicted molar refractivity (Wildman–Crippen MR) is 72.1 cm³/mol. The van der Waals surface area contributed by atoms with E-state index in [2.05, 4.69) is 0 Å². The van der Waals surface area contributed by atoms with Gasteiger partial charge in [0, 0.05) is 6.07 Å². The molecule has 0 bridgehead atoms. The maximum Gasteiger partial charge on any atom is 0.339 e. The molecule has 0 fully saturated rings. The Morgan fingerprint density at radius 3 is 2.35 bits per heavy atom. The SMILES string of the molecule is Cc1ccc(OS(=O)(=O)c2ccccc2)c([N+](=O)[O-])c1. The third-order valence-corrected chi connectivity index (χ3v) is 3.79.